The van der Waals surface area contributed by atoms with Crippen molar-refractivity contribution < 1.29 is 9.32 Å². The number of amides is 1. The normalized spacial score (nSPS) is 17.0. The van der Waals surface area contributed by atoms with Crippen LogP contribution in [0.25, 0.3) is 21.9 Å². The Morgan fingerprint density at radius 1 is 1.19 bits per heavy atom. The third kappa shape index (κ3) is 2.24. The molecule has 5 rings (SSSR count). The first-order chi connectivity index (χ1) is 12.7. The number of nitrogens with one attached hydrogen (secondary N) is 1. The monoisotopic (exact) mass is 345 g/mol. The Balaban J connectivity index is 1.44. The summed E-state index contributed by atoms with van der Waals surface area (Å²) >= 11 is 0. The fourth-order valence-corrected chi connectivity index (χ4v) is 4.08. The summed E-state index contributed by atoms with van der Waals surface area (Å²) in [5, 5.41) is 6.29. The Morgan fingerprint density at radius 3 is 2.85 bits per heavy atom. The van der Waals surface area contributed by atoms with Gasteiger partial charge in [0.1, 0.15) is 5.69 Å². The van der Waals surface area contributed by atoms with E-state index >= 15 is 0 Å². The summed E-state index contributed by atoms with van der Waals surface area (Å²) in [6.45, 7) is 2.82. The number of hydrogen-bond acceptors (Lipinski definition) is 3. The van der Waals surface area contributed by atoms with Crippen molar-refractivity contribution in [2.75, 3.05) is 6.54 Å². The largest absolute Gasteiger partial charge is 0.356 e. The van der Waals surface area contributed by atoms with E-state index in [2.05, 4.69) is 35.3 Å². The van der Waals surface area contributed by atoms with Crippen LogP contribution in [-0.4, -0.2) is 27.5 Å². The number of para-hydroxylation sites is 2. The Kier molecular flexibility index (Phi) is 3.35. The minimum absolute atomic E-state index is 0.0248. The Morgan fingerprint density at radius 2 is 1.96 bits per heavy atom. The lowest BCUT2D eigenvalue weighted by Gasteiger charge is -2.33. The Bertz CT molecular complexity index is 1120. The molecule has 130 valence electrons. The summed E-state index contributed by atoms with van der Waals surface area (Å²) in [7, 11) is 0. The van der Waals surface area contributed by atoms with Crippen molar-refractivity contribution in [3.63, 3.8) is 0 Å². The smallest absolute Gasteiger partial charge is 0.229 e. The lowest BCUT2D eigenvalue weighted by atomic mass is 9.97. The molecule has 1 aliphatic rings. The van der Waals surface area contributed by atoms with Gasteiger partial charge >= 0.3 is 0 Å². The number of benzene rings is 2. The van der Waals surface area contributed by atoms with Crippen LogP contribution >= 0.6 is 0 Å². The quantitative estimate of drug-likeness (QED) is 0.597. The second kappa shape index (κ2) is 5.73. The van der Waals surface area contributed by atoms with E-state index in [1.54, 1.807) is 0 Å². The van der Waals surface area contributed by atoms with Crippen molar-refractivity contribution in [3.8, 4) is 0 Å². The zero-order chi connectivity index (χ0) is 17.7. The highest BCUT2D eigenvalue weighted by atomic mass is 16.5. The van der Waals surface area contributed by atoms with Gasteiger partial charge in [-0.15, -0.1) is 0 Å². The summed E-state index contributed by atoms with van der Waals surface area (Å²) in [6.07, 6.45) is 1.13. The maximum absolute atomic E-state index is 13.0. The van der Waals surface area contributed by atoms with Crippen molar-refractivity contribution in [2.24, 2.45) is 0 Å². The first kappa shape index (κ1) is 15.2. The van der Waals surface area contributed by atoms with Gasteiger partial charge in [0, 0.05) is 28.5 Å². The molecule has 5 heteroatoms. The molecule has 0 radical (unpaired) electrons. The number of H-pyrrole nitrogens is 1. The van der Waals surface area contributed by atoms with Crippen molar-refractivity contribution in [1.82, 2.24) is 15.0 Å². The predicted molar refractivity (Wildman–Crippen MR) is 99.8 cm³/mol. The number of hydrogen-bond donors (Lipinski definition) is 1. The topological polar surface area (TPSA) is 62.1 Å². The molecule has 1 amide bonds. The second-order valence-corrected chi connectivity index (χ2v) is 6.88. The molecule has 2 aromatic carbocycles. The summed E-state index contributed by atoms with van der Waals surface area (Å²) < 4.78 is 5.33. The molecule has 4 aromatic rings. The van der Waals surface area contributed by atoms with Crippen LogP contribution in [0.1, 0.15) is 29.9 Å². The van der Waals surface area contributed by atoms with Gasteiger partial charge in [0.25, 0.3) is 0 Å². The molecular weight excluding hydrogens is 326 g/mol. The van der Waals surface area contributed by atoms with Crippen LogP contribution in [0.15, 0.2) is 53.1 Å². The number of carbonyl (C=O) groups is 1. The predicted octanol–water partition coefficient (Wildman–Crippen LogP) is 4.00. The molecule has 26 heavy (non-hydrogen) atoms. The zero-order valence-electron chi connectivity index (χ0n) is 14.5. The van der Waals surface area contributed by atoms with E-state index in [1.807, 2.05) is 35.2 Å². The molecule has 0 saturated carbocycles. The molecule has 1 atom stereocenters. The summed E-state index contributed by atoms with van der Waals surface area (Å²) in [5.41, 5.74) is 5.06. The van der Waals surface area contributed by atoms with Crippen LogP contribution in [0.5, 0.6) is 0 Å². The molecule has 2 aromatic heterocycles. The Hall–Kier alpha value is -3.08. The number of aromatic amines is 1. The number of rotatable bonds is 2. The molecule has 5 nitrogen and oxygen atoms in total. The van der Waals surface area contributed by atoms with Crippen molar-refractivity contribution >= 4 is 27.8 Å². The standard InChI is InChI=1S/C21H19N3O2/c1-13-21-15(14-6-2-4-8-17(14)22-21)10-11-24(13)20(25)12-18-16-7-3-5-9-19(16)26-23-18/h2-9,13,22H,10-12H2,1H3. The van der Waals surface area contributed by atoms with Gasteiger partial charge < -0.3 is 14.4 Å². The minimum Gasteiger partial charge on any atom is -0.356 e. The lowest BCUT2D eigenvalue weighted by Crippen LogP contribution is -2.39. The summed E-state index contributed by atoms with van der Waals surface area (Å²) in [4.78, 5) is 18.4. The molecule has 1 aliphatic heterocycles. The third-order valence-electron chi connectivity index (χ3n) is 5.43. The number of carbonyl (C=O) groups excluding carboxylic acids is 1. The molecule has 1 N–H and O–H groups in total. The first-order valence-corrected chi connectivity index (χ1v) is 8.94. The van der Waals surface area contributed by atoms with Gasteiger partial charge in [0.05, 0.1) is 12.5 Å². The van der Waals surface area contributed by atoms with Crippen LogP contribution in [0.3, 0.4) is 0 Å². The van der Waals surface area contributed by atoms with Gasteiger partial charge in [-0.05, 0) is 37.1 Å². The van der Waals surface area contributed by atoms with Crippen molar-refractivity contribution in [1.29, 1.82) is 0 Å². The molecular formula is C21H19N3O2. The van der Waals surface area contributed by atoms with E-state index in [9.17, 15) is 4.79 Å². The number of nitrogens with zero attached hydrogens (tertiary/aromatic N) is 2. The average Bonchev–Trinajstić information content (AvgIpc) is 3.24. The summed E-state index contributed by atoms with van der Waals surface area (Å²) in [6, 6.07) is 16.0. The molecule has 0 aliphatic carbocycles. The lowest BCUT2D eigenvalue weighted by molar-refractivity contribution is -0.133. The SMILES string of the molecule is CC1c2[nH]c3ccccc3c2CCN1C(=O)Cc1noc2ccccc12. The van der Waals surface area contributed by atoms with Crippen molar-refractivity contribution in [2.45, 2.75) is 25.8 Å². The van der Waals surface area contributed by atoms with E-state index in [0.29, 0.717) is 5.69 Å². The highest BCUT2D eigenvalue weighted by Crippen LogP contribution is 2.34. The van der Waals surface area contributed by atoms with E-state index in [-0.39, 0.29) is 18.4 Å². The molecule has 3 heterocycles. The fourth-order valence-electron chi connectivity index (χ4n) is 4.08. The van der Waals surface area contributed by atoms with E-state index in [1.165, 1.54) is 10.9 Å². The molecule has 1 unspecified atom stereocenters. The van der Waals surface area contributed by atoms with Gasteiger partial charge in [-0.3, -0.25) is 4.79 Å². The maximum Gasteiger partial charge on any atom is 0.229 e. The van der Waals surface area contributed by atoms with Crippen LogP contribution in [0.2, 0.25) is 0 Å². The second-order valence-electron chi connectivity index (χ2n) is 6.88. The first-order valence-electron chi connectivity index (χ1n) is 8.94. The Labute approximate surface area is 150 Å². The van der Waals surface area contributed by atoms with Gasteiger partial charge in [-0.25, -0.2) is 0 Å². The third-order valence-corrected chi connectivity index (χ3v) is 5.43. The summed E-state index contributed by atoms with van der Waals surface area (Å²) in [5.74, 6) is 0.0841. The van der Waals surface area contributed by atoms with Crippen LogP contribution < -0.4 is 0 Å². The van der Waals surface area contributed by atoms with Gasteiger partial charge in [-0.1, -0.05) is 35.5 Å². The fraction of sp³-hybridized carbons (Fsp3) is 0.238. The van der Waals surface area contributed by atoms with E-state index < -0.39 is 0 Å². The highest BCUT2D eigenvalue weighted by molar-refractivity contribution is 5.88. The van der Waals surface area contributed by atoms with Crippen molar-refractivity contribution in [3.05, 3.63) is 65.5 Å². The van der Waals surface area contributed by atoms with Crippen LogP contribution in [0.4, 0.5) is 0 Å². The van der Waals surface area contributed by atoms with Gasteiger partial charge in [0.2, 0.25) is 5.91 Å². The van der Waals surface area contributed by atoms with Crippen LogP contribution in [0, 0.1) is 0 Å². The molecule has 0 fully saturated rings. The minimum atomic E-state index is 0.0248. The molecule has 0 spiro atoms. The zero-order valence-corrected chi connectivity index (χ0v) is 14.5. The number of aromatic nitrogens is 2. The maximum atomic E-state index is 13.0. The van der Waals surface area contributed by atoms with Crippen LogP contribution in [-0.2, 0) is 17.6 Å². The van der Waals surface area contributed by atoms with Gasteiger partial charge in [0.15, 0.2) is 5.58 Å². The van der Waals surface area contributed by atoms with Gasteiger partial charge in [-0.2, -0.15) is 0 Å². The molecule has 0 saturated heterocycles. The average molecular weight is 345 g/mol. The molecule has 0 bridgehead atoms. The van der Waals surface area contributed by atoms with E-state index in [0.717, 1.165) is 35.1 Å². The van der Waals surface area contributed by atoms with E-state index in [4.69, 9.17) is 4.52 Å². The number of fused-ring (bicyclic) bond motifs is 4. The highest BCUT2D eigenvalue weighted by Gasteiger charge is 2.30.